The topological polar surface area (TPSA) is 32.3 Å². The van der Waals surface area contributed by atoms with Crippen LogP contribution in [0.4, 0.5) is 0 Å². The zero-order valence-electron chi connectivity index (χ0n) is 11.6. The van der Waals surface area contributed by atoms with Crippen LogP contribution < -0.4 is 5.32 Å². The van der Waals surface area contributed by atoms with Crippen LogP contribution in [0.15, 0.2) is 0 Å². The van der Waals surface area contributed by atoms with Crippen LogP contribution >= 0.6 is 0 Å². The molecule has 0 aromatic rings. The number of carbonyl (C=O) groups is 1. The Balaban J connectivity index is 2.13. The molecule has 3 heteroatoms. The molecule has 2 aliphatic rings. The van der Waals surface area contributed by atoms with Crippen molar-refractivity contribution in [1.82, 2.24) is 10.2 Å². The molecule has 3 nitrogen and oxygen atoms in total. The normalized spacial score (nSPS) is 38.1. The molecular formula is C14H26N2O. The third-order valence-corrected chi connectivity index (χ3v) is 4.99. The fourth-order valence-corrected chi connectivity index (χ4v) is 3.24. The van der Waals surface area contributed by atoms with Gasteiger partial charge in [0.15, 0.2) is 0 Å². The first kappa shape index (κ1) is 12.9. The Labute approximate surface area is 105 Å². The first-order valence-corrected chi connectivity index (χ1v) is 6.97. The Morgan fingerprint density at radius 3 is 2.29 bits per heavy atom. The van der Waals surface area contributed by atoms with Gasteiger partial charge in [-0.2, -0.15) is 0 Å². The summed E-state index contributed by atoms with van der Waals surface area (Å²) in [5.74, 6) is 2.12. The third kappa shape index (κ3) is 2.10. The number of nitrogens with zero attached hydrogens (tertiary/aromatic N) is 1. The fraction of sp³-hybridized carbons (Fsp3) is 0.929. The lowest BCUT2D eigenvalue weighted by Crippen LogP contribution is -2.47. The lowest BCUT2D eigenvalue weighted by molar-refractivity contribution is -0.142. The number of likely N-dealkylation sites (tertiary alicyclic amines) is 1. The molecule has 2 fully saturated rings. The highest BCUT2D eigenvalue weighted by molar-refractivity contribution is 5.84. The Morgan fingerprint density at radius 2 is 1.88 bits per heavy atom. The molecule has 1 N–H and O–H groups in total. The van der Waals surface area contributed by atoms with Crippen molar-refractivity contribution in [2.75, 3.05) is 26.2 Å². The van der Waals surface area contributed by atoms with E-state index >= 15 is 0 Å². The van der Waals surface area contributed by atoms with Gasteiger partial charge in [0.2, 0.25) is 5.91 Å². The summed E-state index contributed by atoms with van der Waals surface area (Å²) in [5, 5.41) is 3.37. The zero-order valence-corrected chi connectivity index (χ0v) is 11.6. The SMILES string of the molecule is CC1CN(C(=O)C2(C(C)C)CCNC2)CC1C. The predicted molar refractivity (Wildman–Crippen MR) is 69.7 cm³/mol. The Hall–Kier alpha value is -0.570. The molecule has 3 atom stereocenters. The van der Waals surface area contributed by atoms with E-state index in [1.54, 1.807) is 0 Å². The largest absolute Gasteiger partial charge is 0.342 e. The van der Waals surface area contributed by atoms with Gasteiger partial charge in [0, 0.05) is 19.6 Å². The molecule has 0 radical (unpaired) electrons. The van der Waals surface area contributed by atoms with E-state index in [1.165, 1.54) is 0 Å². The summed E-state index contributed by atoms with van der Waals surface area (Å²) in [5.41, 5.74) is -0.135. The van der Waals surface area contributed by atoms with E-state index in [9.17, 15) is 4.79 Å². The summed E-state index contributed by atoms with van der Waals surface area (Å²) in [7, 11) is 0. The standard InChI is InChI=1S/C14H26N2O/c1-10(2)14(5-6-15-9-14)13(17)16-7-11(3)12(4)8-16/h10-12,15H,5-9H2,1-4H3. The number of nitrogens with one attached hydrogen (secondary N) is 1. The van der Waals surface area contributed by atoms with Crippen LogP contribution in [0.5, 0.6) is 0 Å². The molecule has 2 saturated heterocycles. The maximum absolute atomic E-state index is 12.8. The van der Waals surface area contributed by atoms with Crippen molar-refractivity contribution in [3.63, 3.8) is 0 Å². The van der Waals surface area contributed by atoms with Crippen molar-refractivity contribution in [1.29, 1.82) is 0 Å². The van der Waals surface area contributed by atoms with E-state index in [0.29, 0.717) is 23.7 Å². The second kappa shape index (κ2) is 4.60. The molecule has 0 saturated carbocycles. The maximum atomic E-state index is 12.8. The van der Waals surface area contributed by atoms with E-state index in [0.717, 1.165) is 32.6 Å². The van der Waals surface area contributed by atoms with Gasteiger partial charge >= 0.3 is 0 Å². The fourth-order valence-electron chi connectivity index (χ4n) is 3.24. The first-order chi connectivity index (χ1) is 7.97. The first-order valence-electron chi connectivity index (χ1n) is 6.97. The van der Waals surface area contributed by atoms with E-state index in [2.05, 4.69) is 37.9 Å². The van der Waals surface area contributed by atoms with E-state index in [1.807, 2.05) is 0 Å². The number of hydrogen-bond acceptors (Lipinski definition) is 2. The molecule has 3 unspecified atom stereocenters. The van der Waals surface area contributed by atoms with Crippen LogP contribution in [0.2, 0.25) is 0 Å². The average Bonchev–Trinajstić information content (AvgIpc) is 2.87. The minimum absolute atomic E-state index is 0.135. The number of hydrogen-bond donors (Lipinski definition) is 1. The highest BCUT2D eigenvalue weighted by Gasteiger charge is 2.47. The lowest BCUT2D eigenvalue weighted by atomic mass is 9.75. The van der Waals surface area contributed by atoms with Crippen molar-refractivity contribution in [3.8, 4) is 0 Å². The predicted octanol–water partition coefficient (Wildman–Crippen LogP) is 1.74. The van der Waals surface area contributed by atoms with Gasteiger partial charge in [-0.3, -0.25) is 4.79 Å². The smallest absolute Gasteiger partial charge is 0.230 e. The highest BCUT2D eigenvalue weighted by Crippen LogP contribution is 2.38. The minimum atomic E-state index is -0.135. The molecule has 17 heavy (non-hydrogen) atoms. The van der Waals surface area contributed by atoms with Crippen LogP contribution in [-0.4, -0.2) is 37.0 Å². The van der Waals surface area contributed by atoms with Gasteiger partial charge in [0.05, 0.1) is 5.41 Å². The van der Waals surface area contributed by atoms with Crippen molar-refractivity contribution < 1.29 is 4.79 Å². The highest BCUT2D eigenvalue weighted by atomic mass is 16.2. The van der Waals surface area contributed by atoms with Crippen molar-refractivity contribution in [2.45, 2.75) is 34.1 Å². The molecule has 0 bridgehead atoms. The van der Waals surface area contributed by atoms with Crippen LogP contribution in [0.1, 0.15) is 34.1 Å². The number of amides is 1. The molecule has 0 aliphatic carbocycles. The molecule has 0 spiro atoms. The van der Waals surface area contributed by atoms with Crippen molar-refractivity contribution in [3.05, 3.63) is 0 Å². The summed E-state index contributed by atoms with van der Waals surface area (Å²) in [6, 6.07) is 0. The molecule has 98 valence electrons. The van der Waals surface area contributed by atoms with E-state index < -0.39 is 0 Å². The molecule has 2 rings (SSSR count). The second-order valence-electron chi connectivity index (χ2n) is 6.40. The molecule has 0 aromatic carbocycles. The van der Waals surface area contributed by atoms with E-state index in [-0.39, 0.29) is 5.41 Å². The number of rotatable bonds is 2. The van der Waals surface area contributed by atoms with E-state index in [4.69, 9.17) is 0 Å². The van der Waals surface area contributed by atoms with Crippen molar-refractivity contribution in [2.24, 2.45) is 23.2 Å². The zero-order chi connectivity index (χ0) is 12.6. The Bertz CT molecular complexity index is 285. The van der Waals surface area contributed by atoms with Crippen LogP contribution in [-0.2, 0) is 4.79 Å². The summed E-state index contributed by atoms with van der Waals surface area (Å²) < 4.78 is 0. The summed E-state index contributed by atoms with van der Waals surface area (Å²) in [4.78, 5) is 14.9. The lowest BCUT2D eigenvalue weighted by Gasteiger charge is -2.35. The van der Waals surface area contributed by atoms with Gasteiger partial charge < -0.3 is 10.2 Å². The quantitative estimate of drug-likeness (QED) is 0.794. The summed E-state index contributed by atoms with van der Waals surface area (Å²) >= 11 is 0. The van der Waals surface area contributed by atoms with Gasteiger partial charge in [-0.1, -0.05) is 27.7 Å². The van der Waals surface area contributed by atoms with Gasteiger partial charge in [-0.05, 0) is 30.7 Å². The van der Waals surface area contributed by atoms with Gasteiger partial charge in [-0.25, -0.2) is 0 Å². The van der Waals surface area contributed by atoms with Crippen LogP contribution in [0, 0.1) is 23.2 Å². The van der Waals surface area contributed by atoms with Crippen LogP contribution in [0.3, 0.4) is 0 Å². The third-order valence-electron chi connectivity index (χ3n) is 4.99. The summed E-state index contributed by atoms with van der Waals surface area (Å²) in [6.07, 6.45) is 1.00. The minimum Gasteiger partial charge on any atom is -0.342 e. The Morgan fingerprint density at radius 1 is 1.29 bits per heavy atom. The number of carbonyl (C=O) groups excluding carboxylic acids is 1. The maximum Gasteiger partial charge on any atom is 0.230 e. The second-order valence-corrected chi connectivity index (χ2v) is 6.40. The molecule has 0 aromatic heterocycles. The molecular weight excluding hydrogens is 212 g/mol. The van der Waals surface area contributed by atoms with Gasteiger partial charge in [0.1, 0.15) is 0 Å². The molecule has 1 amide bonds. The summed E-state index contributed by atoms with van der Waals surface area (Å²) in [6.45, 7) is 12.6. The van der Waals surface area contributed by atoms with Crippen LogP contribution in [0.25, 0.3) is 0 Å². The Kier molecular flexibility index (Phi) is 3.48. The molecule has 2 heterocycles. The van der Waals surface area contributed by atoms with Gasteiger partial charge in [0.25, 0.3) is 0 Å². The van der Waals surface area contributed by atoms with Gasteiger partial charge in [-0.15, -0.1) is 0 Å². The molecule has 2 aliphatic heterocycles. The monoisotopic (exact) mass is 238 g/mol. The average molecular weight is 238 g/mol. The van der Waals surface area contributed by atoms with Crippen molar-refractivity contribution >= 4 is 5.91 Å².